The van der Waals surface area contributed by atoms with Crippen LogP contribution in [-0.2, 0) is 0 Å². The lowest BCUT2D eigenvalue weighted by Gasteiger charge is -2.00. The minimum absolute atomic E-state index is 0. The average molecular weight is 243 g/mol. The molecule has 2 aromatic heterocycles. The third-order valence-corrected chi connectivity index (χ3v) is 2.34. The third-order valence-electron chi connectivity index (χ3n) is 1.71. The van der Waals surface area contributed by atoms with Gasteiger partial charge in [-0.05, 0) is 22.0 Å². The second kappa shape index (κ2) is 3.79. The summed E-state index contributed by atoms with van der Waals surface area (Å²) in [6.07, 6.45) is 3.59. The summed E-state index contributed by atoms with van der Waals surface area (Å²) in [5.41, 5.74) is 0.923. The summed E-state index contributed by atoms with van der Waals surface area (Å²) in [7, 11) is 1.61. The van der Waals surface area contributed by atoms with Crippen LogP contribution in [0.1, 0.15) is 7.43 Å². The Balaban J connectivity index is 0.000000845. The quantitative estimate of drug-likeness (QED) is 0.836. The Bertz CT molecular complexity index is 411. The van der Waals surface area contributed by atoms with Gasteiger partial charge in [-0.1, -0.05) is 7.43 Å². The second-order valence-electron chi connectivity index (χ2n) is 2.38. The molecule has 0 bridgehead atoms. The molecule has 3 nitrogen and oxygen atoms in total. The summed E-state index contributed by atoms with van der Waals surface area (Å²) in [5.74, 6) is 0.623. The minimum Gasteiger partial charge on any atom is -0.479 e. The zero-order chi connectivity index (χ0) is 8.55. The summed E-state index contributed by atoms with van der Waals surface area (Å²) in [5, 5.41) is 1.09. The molecule has 0 fully saturated rings. The van der Waals surface area contributed by atoms with Gasteiger partial charge in [0, 0.05) is 22.3 Å². The molecule has 0 atom stereocenters. The molecule has 0 unspecified atom stereocenters. The highest BCUT2D eigenvalue weighted by molar-refractivity contribution is 9.10. The van der Waals surface area contributed by atoms with Crippen molar-refractivity contribution in [2.24, 2.45) is 0 Å². The molecular weight excluding hydrogens is 232 g/mol. The van der Waals surface area contributed by atoms with Gasteiger partial charge in [-0.15, -0.1) is 0 Å². The number of ether oxygens (including phenoxy) is 1. The predicted molar refractivity (Wildman–Crippen MR) is 57.1 cm³/mol. The van der Waals surface area contributed by atoms with Crippen LogP contribution in [0.2, 0.25) is 0 Å². The van der Waals surface area contributed by atoms with Crippen molar-refractivity contribution in [3.8, 4) is 5.88 Å². The van der Waals surface area contributed by atoms with Gasteiger partial charge < -0.3 is 9.72 Å². The average Bonchev–Trinajstić information content (AvgIpc) is 2.54. The highest BCUT2D eigenvalue weighted by Gasteiger charge is 2.05. The van der Waals surface area contributed by atoms with Crippen molar-refractivity contribution < 1.29 is 4.74 Å². The lowest BCUT2D eigenvalue weighted by atomic mass is 10.3. The van der Waals surface area contributed by atoms with E-state index in [9.17, 15) is 0 Å². The van der Waals surface area contributed by atoms with Crippen molar-refractivity contribution in [3.63, 3.8) is 0 Å². The summed E-state index contributed by atoms with van der Waals surface area (Å²) >= 11 is 3.40. The molecule has 2 rings (SSSR count). The topological polar surface area (TPSA) is 37.9 Å². The van der Waals surface area contributed by atoms with Gasteiger partial charge in [-0.2, -0.15) is 0 Å². The molecule has 2 aromatic rings. The molecule has 0 aliphatic rings. The molecule has 0 saturated heterocycles. The summed E-state index contributed by atoms with van der Waals surface area (Å²) < 4.78 is 6.05. The van der Waals surface area contributed by atoms with Gasteiger partial charge in [0.1, 0.15) is 5.52 Å². The fraction of sp³-hybridized carbons (Fsp3) is 0.222. The van der Waals surface area contributed by atoms with E-state index in [4.69, 9.17) is 4.74 Å². The highest BCUT2D eigenvalue weighted by atomic mass is 79.9. The van der Waals surface area contributed by atoms with Crippen LogP contribution in [0, 0.1) is 0 Å². The molecule has 0 spiro atoms. The fourth-order valence-corrected chi connectivity index (χ4v) is 1.58. The SMILES string of the molecule is C.COc1ncc(Br)c2cc[nH]c12. The van der Waals surface area contributed by atoms with Crippen molar-refractivity contribution >= 4 is 26.8 Å². The van der Waals surface area contributed by atoms with Gasteiger partial charge in [0.25, 0.3) is 0 Å². The lowest BCUT2D eigenvalue weighted by Crippen LogP contribution is -1.88. The van der Waals surface area contributed by atoms with Gasteiger partial charge in [-0.3, -0.25) is 0 Å². The molecule has 1 N–H and O–H groups in total. The van der Waals surface area contributed by atoms with E-state index in [1.165, 1.54) is 0 Å². The van der Waals surface area contributed by atoms with Crippen LogP contribution in [0.15, 0.2) is 22.9 Å². The summed E-state index contributed by atoms with van der Waals surface area (Å²) in [6.45, 7) is 0. The number of pyridine rings is 1. The van der Waals surface area contributed by atoms with E-state index in [-0.39, 0.29) is 7.43 Å². The zero-order valence-electron chi connectivity index (χ0n) is 6.47. The van der Waals surface area contributed by atoms with Crippen molar-refractivity contribution in [1.82, 2.24) is 9.97 Å². The number of halogens is 1. The number of fused-ring (bicyclic) bond motifs is 1. The smallest absolute Gasteiger partial charge is 0.238 e. The van der Waals surface area contributed by atoms with Crippen molar-refractivity contribution in [2.75, 3.05) is 7.11 Å². The molecule has 4 heteroatoms. The van der Waals surface area contributed by atoms with Crippen LogP contribution in [-0.4, -0.2) is 17.1 Å². The molecule has 70 valence electrons. The highest BCUT2D eigenvalue weighted by Crippen LogP contribution is 2.27. The molecule has 0 amide bonds. The van der Waals surface area contributed by atoms with Gasteiger partial charge in [0.05, 0.1) is 7.11 Å². The molecule has 0 aliphatic carbocycles. The lowest BCUT2D eigenvalue weighted by molar-refractivity contribution is 0.402. The van der Waals surface area contributed by atoms with E-state index in [1.54, 1.807) is 13.3 Å². The monoisotopic (exact) mass is 242 g/mol. The van der Waals surface area contributed by atoms with E-state index in [2.05, 4.69) is 25.9 Å². The van der Waals surface area contributed by atoms with E-state index in [0.29, 0.717) is 5.88 Å². The number of methoxy groups -OCH3 is 1. The fourth-order valence-electron chi connectivity index (χ4n) is 1.15. The number of hydrogen-bond acceptors (Lipinski definition) is 2. The Hall–Kier alpha value is -1.03. The first-order valence-electron chi connectivity index (χ1n) is 3.48. The summed E-state index contributed by atoms with van der Waals surface area (Å²) in [4.78, 5) is 7.16. The van der Waals surface area contributed by atoms with E-state index >= 15 is 0 Å². The van der Waals surface area contributed by atoms with Crippen LogP contribution in [0.25, 0.3) is 10.9 Å². The van der Waals surface area contributed by atoms with Gasteiger partial charge in [-0.25, -0.2) is 4.98 Å². The maximum Gasteiger partial charge on any atom is 0.238 e. The molecule has 0 saturated carbocycles. The summed E-state index contributed by atoms with van der Waals surface area (Å²) in [6, 6.07) is 1.98. The Labute approximate surface area is 85.3 Å². The molecular formula is C9H11BrN2O. The van der Waals surface area contributed by atoms with Gasteiger partial charge >= 0.3 is 0 Å². The second-order valence-corrected chi connectivity index (χ2v) is 3.24. The number of aromatic nitrogens is 2. The van der Waals surface area contributed by atoms with E-state index < -0.39 is 0 Å². The zero-order valence-corrected chi connectivity index (χ0v) is 8.05. The van der Waals surface area contributed by atoms with Crippen molar-refractivity contribution in [2.45, 2.75) is 7.43 Å². The Morgan fingerprint density at radius 1 is 1.54 bits per heavy atom. The van der Waals surface area contributed by atoms with Crippen molar-refractivity contribution in [1.29, 1.82) is 0 Å². The van der Waals surface area contributed by atoms with Crippen LogP contribution in [0.3, 0.4) is 0 Å². The maximum absolute atomic E-state index is 5.08. The van der Waals surface area contributed by atoms with Crippen molar-refractivity contribution in [3.05, 3.63) is 22.9 Å². The maximum atomic E-state index is 5.08. The number of nitrogens with one attached hydrogen (secondary N) is 1. The minimum atomic E-state index is 0. The molecule has 13 heavy (non-hydrogen) atoms. The van der Waals surface area contributed by atoms with E-state index in [0.717, 1.165) is 15.4 Å². The van der Waals surface area contributed by atoms with Gasteiger partial charge in [0.2, 0.25) is 5.88 Å². The van der Waals surface area contributed by atoms with Crippen LogP contribution in [0.4, 0.5) is 0 Å². The Kier molecular flexibility index (Phi) is 2.93. The predicted octanol–water partition coefficient (Wildman–Crippen LogP) is 2.97. The van der Waals surface area contributed by atoms with Crippen LogP contribution in [0.5, 0.6) is 5.88 Å². The first-order valence-corrected chi connectivity index (χ1v) is 4.28. The largest absolute Gasteiger partial charge is 0.479 e. The van der Waals surface area contributed by atoms with Crippen LogP contribution >= 0.6 is 15.9 Å². The normalized spacial score (nSPS) is 9.69. The molecule has 0 aliphatic heterocycles. The first-order chi connectivity index (χ1) is 5.83. The number of aromatic amines is 1. The molecule has 2 heterocycles. The number of rotatable bonds is 1. The number of H-pyrrole nitrogens is 1. The van der Waals surface area contributed by atoms with Crippen LogP contribution < -0.4 is 4.74 Å². The standard InChI is InChI=1S/C8H7BrN2O.CH4/c1-12-8-7-5(2-3-10-7)6(9)4-11-8;/h2-4,10H,1H3;1H4. The molecule has 0 radical (unpaired) electrons. The van der Waals surface area contributed by atoms with E-state index in [1.807, 2.05) is 12.3 Å². The Morgan fingerprint density at radius 2 is 2.31 bits per heavy atom. The Morgan fingerprint density at radius 3 is 3.00 bits per heavy atom. The number of nitrogens with zero attached hydrogens (tertiary/aromatic N) is 1. The number of hydrogen-bond donors (Lipinski definition) is 1. The molecule has 0 aromatic carbocycles. The van der Waals surface area contributed by atoms with Gasteiger partial charge in [0.15, 0.2) is 0 Å². The first kappa shape index (κ1) is 10.1. The third kappa shape index (κ3) is 1.54.